The summed E-state index contributed by atoms with van der Waals surface area (Å²) in [5, 5.41) is 6.13. The summed E-state index contributed by atoms with van der Waals surface area (Å²) in [5.74, 6) is 0. The molecule has 0 N–H and O–H groups in total. The fourth-order valence-electron chi connectivity index (χ4n) is 8.23. The van der Waals surface area contributed by atoms with Crippen molar-refractivity contribution in [3.8, 4) is 28.3 Å². The molecule has 0 saturated heterocycles. The molecule has 4 nitrogen and oxygen atoms in total. The first-order valence-corrected chi connectivity index (χ1v) is 17.9. The van der Waals surface area contributed by atoms with E-state index in [4.69, 9.17) is 4.98 Å². The predicted octanol–water partition coefficient (Wildman–Crippen LogP) is 12.8. The second kappa shape index (κ2) is 12.3. The lowest BCUT2D eigenvalue weighted by molar-refractivity contribution is 1.13. The van der Waals surface area contributed by atoms with Gasteiger partial charge in [-0.3, -0.25) is 0 Å². The van der Waals surface area contributed by atoms with E-state index in [1.165, 1.54) is 43.6 Å². The maximum atomic E-state index is 5.39. The fraction of sp³-hybridized carbons (Fsp3) is 0. The monoisotopic (exact) mass is 678 g/mol. The molecule has 0 amide bonds. The molecule has 250 valence electrons. The van der Waals surface area contributed by atoms with E-state index in [2.05, 4.69) is 209 Å². The Bertz CT molecular complexity index is 3050. The van der Waals surface area contributed by atoms with Gasteiger partial charge in [0.25, 0.3) is 0 Å². The van der Waals surface area contributed by atoms with Gasteiger partial charge in [0.15, 0.2) is 0 Å². The van der Waals surface area contributed by atoms with Crippen LogP contribution in [0.2, 0.25) is 0 Å². The highest BCUT2D eigenvalue weighted by Gasteiger charge is 2.19. The van der Waals surface area contributed by atoms with Gasteiger partial charge in [0.2, 0.25) is 0 Å². The largest absolute Gasteiger partial charge is 0.309 e. The zero-order valence-corrected chi connectivity index (χ0v) is 29.0. The average molecular weight is 679 g/mol. The predicted molar refractivity (Wildman–Crippen MR) is 224 cm³/mol. The minimum Gasteiger partial charge on any atom is -0.309 e. The summed E-state index contributed by atoms with van der Waals surface area (Å²) in [6.45, 7) is 6.00. The van der Waals surface area contributed by atoms with Gasteiger partial charge in [0.05, 0.1) is 44.3 Å². The van der Waals surface area contributed by atoms with Crippen LogP contribution in [0.5, 0.6) is 0 Å². The molecule has 0 fully saturated rings. The van der Waals surface area contributed by atoms with E-state index in [0.29, 0.717) is 0 Å². The SMILES string of the molecule is C=C.c1ccc(-c2ccc3c(n2)c2cc(-n4c5ccccc5c5ccccc54)ccc2n3-c2cccc(-n3c4ccccc4c4ccccc43)c2)cc1. The van der Waals surface area contributed by atoms with Gasteiger partial charge >= 0.3 is 0 Å². The lowest BCUT2D eigenvalue weighted by atomic mass is 10.1. The van der Waals surface area contributed by atoms with Crippen LogP contribution in [-0.2, 0) is 0 Å². The second-order valence-corrected chi connectivity index (χ2v) is 13.2. The Balaban J connectivity index is 0.00000172. The molecule has 0 spiro atoms. The number of hydrogen-bond acceptors (Lipinski definition) is 1. The van der Waals surface area contributed by atoms with Gasteiger partial charge in [-0.25, -0.2) is 4.98 Å². The number of hydrogen-bond donors (Lipinski definition) is 0. The number of para-hydroxylation sites is 4. The normalized spacial score (nSPS) is 11.5. The van der Waals surface area contributed by atoms with E-state index < -0.39 is 0 Å². The van der Waals surface area contributed by atoms with Crippen LogP contribution in [0.3, 0.4) is 0 Å². The van der Waals surface area contributed by atoms with Crippen LogP contribution in [0.1, 0.15) is 0 Å². The van der Waals surface area contributed by atoms with Crippen molar-refractivity contribution in [1.29, 1.82) is 0 Å². The highest BCUT2D eigenvalue weighted by atomic mass is 15.0. The highest BCUT2D eigenvalue weighted by Crippen LogP contribution is 2.38. The van der Waals surface area contributed by atoms with Crippen molar-refractivity contribution in [2.24, 2.45) is 0 Å². The number of rotatable bonds is 4. The number of nitrogens with zero attached hydrogens (tertiary/aromatic N) is 4. The van der Waals surface area contributed by atoms with Gasteiger partial charge in [-0.2, -0.15) is 0 Å². The molecule has 0 aliphatic rings. The third-order valence-electron chi connectivity index (χ3n) is 10.4. The van der Waals surface area contributed by atoms with Gasteiger partial charge in [-0.05, 0) is 72.8 Å². The number of fused-ring (bicyclic) bond motifs is 9. The number of aromatic nitrogens is 4. The van der Waals surface area contributed by atoms with Crippen molar-refractivity contribution < 1.29 is 0 Å². The van der Waals surface area contributed by atoms with Crippen molar-refractivity contribution in [2.75, 3.05) is 0 Å². The number of pyridine rings is 1. The van der Waals surface area contributed by atoms with Gasteiger partial charge < -0.3 is 13.7 Å². The Labute approximate surface area is 306 Å². The molecule has 0 saturated carbocycles. The molecule has 0 radical (unpaired) electrons. The summed E-state index contributed by atoms with van der Waals surface area (Å²) in [5.41, 5.74) is 13.3. The zero-order chi connectivity index (χ0) is 35.5. The summed E-state index contributed by atoms with van der Waals surface area (Å²) in [6, 6.07) is 65.3. The molecule has 4 heterocycles. The van der Waals surface area contributed by atoms with Crippen molar-refractivity contribution in [2.45, 2.75) is 0 Å². The first kappa shape index (κ1) is 30.6. The van der Waals surface area contributed by atoms with Crippen molar-refractivity contribution >= 4 is 65.5 Å². The molecule has 4 aromatic heterocycles. The summed E-state index contributed by atoms with van der Waals surface area (Å²) >= 11 is 0. The first-order valence-electron chi connectivity index (χ1n) is 17.9. The van der Waals surface area contributed by atoms with E-state index in [-0.39, 0.29) is 0 Å². The van der Waals surface area contributed by atoms with Crippen LogP contribution in [0.4, 0.5) is 0 Å². The first-order chi connectivity index (χ1) is 26.3. The van der Waals surface area contributed by atoms with Gasteiger partial charge in [0.1, 0.15) is 0 Å². The Morgan fingerprint density at radius 1 is 0.321 bits per heavy atom. The Hall–Kier alpha value is -7.17. The zero-order valence-electron chi connectivity index (χ0n) is 29.0. The van der Waals surface area contributed by atoms with E-state index in [1.54, 1.807) is 0 Å². The molecular formula is C49H34N4. The maximum absolute atomic E-state index is 5.39. The fourth-order valence-corrected chi connectivity index (χ4v) is 8.23. The molecule has 0 bridgehead atoms. The van der Waals surface area contributed by atoms with Crippen molar-refractivity contribution in [1.82, 2.24) is 18.7 Å². The maximum Gasteiger partial charge on any atom is 0.0971 e. The van der Waals surface area contributed by atoms with Crippen LogP contribution in [-0.4, -0.2) is 18.7 Å². The van der Waals surface area contributed by atoms with E-state index in [9.17, 15) is 0 Å². The lowest BCUT2D eigenvalue weighted by Gasteiger charge is -2.13. The van der Waals surface area contributed by atoms with Crippen LogP contribution >= 0.6 is 0 Å². The van der Waals surface area contributed by atoms with Crippen LogP contribution in [0.15, 0.2) is 195 Å². The minimum absolute atomic E-state index is 0.962. The third-order valence-corrected chi connectivity index (χ3v) is 10.4. The van der Waals surface area contributed by atoms with E-state index in [1.807, 2.05) is 0 Å². The molecule has 53 heavy (non-hydrogen) atoms. The molecule has 11 aromatic rings. The van der Waals surface area contributed by atoms with Crippen LogP contribution < -0.4 is 0 Å². The van der Waals surface area contributed by atoms with Crippen molar-refractivity contribution in [3.63, 3.8) is 0 Å². The minimum atomic E-state index is 0.962. The summed E-state index contributed by atoms with van der Waals surface area (Å²) in [4.78, 5) is 5.39. The Morgan fingerprint density at radius 2 is 0.736 bits per heavy atom. The van der Waals surface area contributed by atoms with E-state index >= 15 is 0 Å². The lowest BCUT2D eigenvalue weighted by Crippen LogP contribution is -1.99. The summed E-state index contributed by atoms with van der Waals surface area (Å²) in [6.07, 6.45) is 0. The molecule has 4 heteroatoms. The second-order valence-electron chi connectivity index (χ2n) is 13.2. The summed E-state index contributed by atoms with van der Waals surface area (Å²) in [7, 11) is 0. The summed E-state index contributed by atoms with van der Waals surface area (Å²) < 4.78 is 7.14. The molecule has 0 atom stereocenters. The highest BCUT2D eigenvalue weighted by molar-refractivity contribution is 6.12. The van der Waals surface area contributed by atoms with Crippen molar-refractivity contribution in [3.05, 3.63) is 195 Å². The smallest absolute Gasteiger partial charge is 0.0971 e. The number of benzene rings is 7. The van der Waals surface area contributed by atoms with Gasteiger partial charge in [0, 0.05) is 49.6 Å². The molecule has 7 aromatic carbocycles. The average Bonchev–Trinajstić information content (AvgIpc) is 3.87. The molecule has 0 aliphatic heterocycles. The van der Waals surface area contributed by atoms with Crippen LogP contribution in [0, 0.1) is 0 Å². The standard InChI is InChI=1S/C47H30N4.C2H4/c1-2-13-31(14-3-1)40-26-28-46-47(48-40)39-30-34(50-43-23-10-6-19-37(43)38-20-7-11-24-44(38)50)25-27-45(39)51(46)33-16-12-15-32(29-33)49-41-21-8-4-17-35(41)36-18-5-9-22-42(36)49;1-2/h1-30H;1-2H2. The third kappa shape index (κ3) is 4.66. The van der Waals surface area contributed by atoms with Crippen LogP contribution in [0.25, 0.3) is 93.9 Å². The van der Waals surface area contributed by atoms with E-state index in [0.717, 1.165) is 50.3 Å². The molecule has 0 aliphatic carbocycles. The quantitative estimate of drug-likeness (QED) is 0.170. The Morgan fingerprint density at radius 3 is 1.26 bits per heavy atom. The molecule has 0 unspecified atom stereocenters. The van der Waals surface area contributed by atoms with Gasteiger partial charge in [-0.1, -0.05) is 109 Å². The Kier molecular flexibility index (Phi) is 7.08. The topological polar surface area (TPSA) is 27.7 Å². The van der Waals surface area contributed by atoms with Gasteiger partial charge in [-0.15, -0.1) is 13.2 Å². The molecule has 11 rings (SSSR count). The molecular weight excluding hydrogens is 645 g/mol.